The van der Waals surface area contributed by atoms with Gasteiger partial charge in [0.2, 0.25) is 11.8 Å². The zero-order valence-electron chi connectivity index (χ0n) is 13.1. The van der Waals surface area contributed by atoms with Gasteiger partial charge in [0, 0.05) is 6.04 Å². The molecule has 0 heterocycles. The van der Waals surface area contributed by atoms with E-state index in [0.717, 1.165) is 31.2 Å². The van der Waals surface area contributed by atoms with Crippen molar-refractivity contribution in [2.24, 2.45) is 5.73 Å². The molecule has 2 amide bonds. The summed E-state index contributed by atoms with van der Waals surface area (Å²) in [6, 6.07) is 9.41. The highest BCUT2D eigenvalue weighted by Crippen LogP contribution is 2.18. The normalized spacial score (nSPS) is 18.3. The van der Waals surface area contributed by atoms with Gasteiger partial charge in [0.05, 0.1) is 6.54 Å². The summed E-state index contributed by atoms with van der Waals surface area (Å²) in [6.07, 6.45) is 5.61. The molecule has 1 unspecified atom stereocenters. The van der Waals surface area contributed by atoms with Crippen molar-refractivity contribution in [2.75, 3.05) is 6.54 Å². The molecule has 0 bridgehead atoms. The van der Waals surface area contributed by atoms with Crippen molar-refractivity contribution in [3.8, 4) is 0 Å². The molecule has 0 spiro atoms. The average Bonchev–Trinajstić information content (AvgIpc) is 2.54. The van der Waals surface area contributed by atoms with Crippen LogP contribution in [0.5, 0.6) is 0 Å². The molecule has 5 heteroatoms. The Hall–Kier alpha value is -1.88. The van der Waals surface area contributed by atoms with E-state index in [4.69, 9.17) is 5.73 Å². The molecule has 1 aromatic carbocycles. The highest BCUT2D eigenvalue weighted by molar-refractivity contribution is 5.90. The molecule has 1 atom stereocenters. The summed E-state index contributed by atoms with van der Waals surface area (Å²) < 4.78 is 0. The van der Waals surface area contributed by atoms with Crippen molar-refractivity contribution < 1.29 is 9.59 Å². The van der Waals surface area contributed by atoms with Gasteiger partial charge in [0.1, 0.15) is 5.54 Å². The summed E-state index contributed by atoms with van der Waals surface area (Å²) in [5.41, 5.74) is 5.68. The van der Waals surface area contributed by atoms with Crippen molar-refractivity contribution in [1.82, 2.24) is 10.6 Å². The van der Waals surface area contributed by atoms with E-state index in [9.17, 15) is 9.59 Å². The van der Waals surface area contributed by atoms with E-state index in [1.54, 1.807) is 6.92 Å². The minimum absolute atomic E-state index is 0.0328. The smallest absolute Gasteiger partial charge is 0.244 e. The van der Waals surface area contributed by atoms with E-state index in [2.05, 4.69) is 10.6 Å². The fourth-order valence-electron chi connectivity index (χ4n) is 2.79. The number of carbonyl (C=O) groups is 2. The van der Waals surface area contributed by atoms with E-state index in [0.29, 0.717) is 0 Å². The summed E-state index contributed by atoms with van der Waals surface area (Å²) >= 11 is 0. The molecule has 4 N–H and O–H groups in total. The molecule has 0 saturated heterocycles. The predicted octanol–water partition coefficient (Wildman–Crippen LogP) is 1.43. The molecule has 5 nitrogen and oxygen atoms in total. The van der Waals surface area contributed by atoms with Gasteiger partial charge in [-0.25, -0.2) is 0 Å². The molecular weight excluding hydrogens is 278 g/mol. The summed E-state index contributed by atoms with van der Waals surface area (Å²) in [6.45, 7) is 1.62. The number of hydrogen-bond donors (Lipinski definition) is 3. The van der Waals surface area contributed by atoms with Gasteiger partial charge in [-0.05, 0) is 25.3 Å². The quantitative estimate of drug-likeness (QED) is 0.769. The van der Waals surface area contributed by atoms with Crippen LogP contribution in [0.4, 0.5) is 0 Å². The van der Waals surface area contributed by atoms with Crippen LogP contribution in [0.25, 0.3) is 0 Å². The SMILES string of the molecule is CC(N)(C(=O)NCC(=O)NC1CCCCC1)c1ccccc1. The van der Waals surface area contributed by atoms with Crippen LogP contribution < -0.4 is 16.4 Å². The van der Waals surface area contributed by atoms with Crippen LogP contribution in [0.3, 0.4) is 0 Å². The van der Waals surface area contributed by atoms with Crippen LogP contribution in [-0.2, 0) is 15.1 Å². The van der Waals surface area contributed by atoms with Gasteiger partial charge >= 0.3 is 0 Å². The van der Waals surface area contributed by atoms with Gasteiger partial charge in [0.25, 0.3) is 0 Å². The Balaban J connectivity index is 1.82. The second-order valence-corrected chi connectivity index (χ2v) is 6.15. The number of hydrogen-bond acceptors (Lipinski definition) is 3. The highest BCUT2D eigenvalue weighted by Gasteiger charge is 2.30. The third kappa shape index (κ3) is 4.31. The largest absolute Gasteiger partial charge is 0.352 e. The van der Waals surface area contributed by atoms with Crippen molar-refractivity contribution in [3.05, 3.63) is 35.9 Å². The minimum atomic E-state index is -1.15. The fourth-order valence-corrected chi connectivity index (χ4v) is 2.79. The Labute approximate surface area is 131 Å². The maximum absolute atomic E-state index is 12.2. The Morgan fingerprint density at radius 2 is 1.82 bits per heavy atom. The third-order valence-corrected chi connectivity index (χ3v) is 4.22. The fraction of sp³-hybridized carbons (Fsp3) is 0.529. The van der Waals surface area contributed by atoms with Gasteiger partial charge in [0.15, 0.2) is 0 Å². The second kappa shape index (κ2) is 7.40. The van der Waals surface area contributed by atoms with Gasteiger partial charge in [-0.1, -0.05) is 49.6 Å². The first kappa shape index (κ1) is 16.5. The van der Waals surface area contributed by atoms with E-state index in [1.165, 1.54) is 6.42 Å². The van der Waals surface area contributed by atoms with Crippen molar-refractivity contribution in [1.29, 1.82) is 0 Å². The Morgan fingerprint density at radius 3 is 2.45 bits per heavy atom. The van der Waals surface area contributed by atoms with Crippen LogP contribution in [0.2, 0.25) is 0 Å². The lowest BCUT2D eigenvalue weighted by molar-refractivity contribution is -0.129. The first-order chi connectivity index (χ1) is 10.5. The Kier molecular flexibility index (Phi) is 5.55. The van der Waals surface area contributed by atoms with Gasteiger partial charge < -0.3 is 16.4 Å². The third-order valence-electron chi connectivity index (χ3n) is 4.22. The number of nitrogens with one attached hydrogen (secondary N) is 2. The van der Waals surface area contributed by atoms with E-state index in [1.807, 2.05) is 30.3 Å². The van der Waals surface area contributed by atoms with Crippen LogP contribution in [0, 0.1) is 0 Å². The molecule has 1 aliphatic rings. The van der Waals surface area contributed by atoms with Gasteiger partial charge in [-0.2, -0.15) is 0 Å². The zero-order valence-corrected chi connectivity index (χ0v) is 13.1. The number of rotatable bonds is 5. The maximum Gasteiger partial charge on any atom is 0.244 e. The van der Waals surface area contributed by atoms with Crippen LogP contribution in [0.15, 0.2) is 30.3 Å². The summed E-state index contributed by atoms with van der Waals surface area (Å²) in [4.78, 5) is 24.2. The number of carbonyl (C=O) groups excluding carboxylic acids is 2. The monoisotopic (exact) mass is 303 g/mol. The molecule has 1 saturated carbocycles. The molecule has 22 heavy (non-hydrogen) atoms. The minimum Gasteiger partial charge on any atom is -0.352 e. The Bertz CT molecular complexity index is 508. The molecule has 0 aliphatic heterocycles. The van der Waals surface area contributed by atoms with E-state index >= 15 is 0 Å². The second-order valence-electron chi connectivity index (χ2n) is 6.15. The predicted molar refractivity (Wildman–Crippen MR) is 86.0 cm³/mol. The lowest BCUT2D eigenvalue weighted by atomic mass is 9.92. The van der Waals surface area contributed by atoms with Gasteiger partial charge in [-0.3, -0.25) is 9.59 Å². The van der Waals surface area contributed by atoms with Crippen LogP contribution >= 0.6 is 0 Å². The first-order valence-corrected chi connectivity index (χ1v) is 7.92. The topological polar surface area (TPSA) is 84.2 Å². The molecular formula is C17H25N3O2. The number of benzene rings is 1. The summed E-state index contributed by atoms with van der Waals surface area (Å²) in [5, 5.41) is 5.61. The highest BCUT2D eigenvalue weighted by atomic mass is 16.2. The van der Waals surface area contributed by atoms with Crippen molar-refractivity contribution in [3.63, 3.8) is 0 Å². The van der Waals surface area contributed by atoms with Gasteiger partial charge in [-0.15, -0.1) is 0 Å². The average molecular weight is 303 g/mol. The maximum atomic E-state index is 12.2. The van der Waals surface area contributed by atoms with E-state index < -0.39 is 5.54 Å². The van der Waals surface area contributed by atoms with E-state index in [-0.39, 0.29) is 24.4 Å². The molecule has 0 radical (unpaired) electrons. The first-order valence-electron chi connectivity index (χ1n) is 7.92. The standard InChI is InChI=1S/C17H25N3O2/c1-17(18,13-8-4-2-5-9-13)16(22)19-12-15(21)20-14-10-6-3-7-11-14/h2,4-5,8-9,14H,3,6-7,10-12,18H2,1H3,(H,19,22)(H,20,21). The molecule has 0 aromatic heterocycles. The molecule has 2 rings (SSSR count). The lowest BCUT2D eigenvalue weighted by Crippen LogP contribution is -2.52. The van der Waals surface area contributed by atoms with Crippen molar-refractivity contribution >= 4 is 11.8 Å². The lowest BCUT2D eigenvalue weighted by Gasteiger charge is -2.25. The zero-order chi connectivity index (χ0) is 16.0. The molecule has 1 aliphatic carbocycles. The number of amides is 2. The Morgan fingerprint density at radius 1 is 1.18 bits per heavy atom. The summed E-state index contributed by atoms with van der Waals surface area (Å²) in [5.74, 6) is -0.499. The molecule has 1 fully saturated rings. The van der Waals surface area contributed by atoms with Crippen molar-refractivity contribution in [2.45, 2.75) is 50.6 Å². The molecule has 120 valence electrons. The van der Waals surface area contributed by atoms with Crippen LogP contribution in [-0.4, -0.2) is 24.4 Å². The van der Waals surface area contributed by atoms with Crippen LogP contribution in [0.1, 0.15) is 44.6 Å². The summed E-state index contributed by atoms with van der Waals surface area (Å²) in [7, 11) is 0. The molecule has 1 aromatic rings. The number of nitrogens with two attached hydrogens (primary N) is 1.